The number of rotatable bonds is 1. The van der Waals surface area contributed by atoms with E-state index in [-0.39, 0.29) is 5.41 Å². The van der Waals surface area contributed by atoms with Crippen LogP contribution in [0.15, 0.2) is 103 Å². The van der Waals surface area contributed by atoms with Gasteiger partial charge in [0, 0.05) is 11.5 Å². The van der Waals surface area contributed by atoms with Gasteiger partial charge in [-0.1, -0.05) is 62.4 Å². The minimum atomic E-state index is -0.0917. The van der Waals surface area contributed by atoms with E-state index in [1.807, 2.05) is 48.5 Å². The molecule has 3 aliphatic rings. The number of nitrogens with zero attached hydrogens (tertiary/aromatic N) is 1. The predicted molar refractivity (Wildman–Crippen MR) is 145 cm³/mol. The summed E-state index contributed by atoms with van der Waals surface area (Å²) in [5.74, 6) is 4.52. The highest BCUT2D eigenvalue weighted by Gasteiger charge is 2.37. The van der Waals surface area contributed by atoms with Crippen molar-refractivity contribution in [2.75, 3.05) is 4.90 Å². The van der Waals surface area contributed by atoms with Crippen molar-refractivity contribution in [2.24, 2.45) is 0 Å². The Balaban J connectivity index is 1.23. The van der Waals surface area contributed by atoms with Crippen molar-refractivity contribution in [1.29, 1.82) is 0 Å². The Labute approximate surface area is 215 Å². The van der Waals surface area contributed by atoms with Gasteiger partial charge in [0.2, 0.25) is 0 Å². The molecule has 37 heavy (non-hydrogen) atoms. The van der Waals surface area contributed by atoms with Gasteiger partial charge < -0.3 is 19.1 Å². The van der Waals surface area contributed by atoms with Gasteiger partial charge in [0.15, 0.2) is 34.5 Å². The van der Waals surface area contributed by atoms with Crippen LogP contribution in [0.4, 0.5) is 17.1 Å². The van der Waals surface area contributed by atoms with Gasteiger partial charge in [-0.25, -0.2) is 0 Å². The molecule has 0 saturated carbocycles. The first-order chi connectivity index (χ1) is 18.1. The van der Waals surface area contributed by atoms with E-state index in [0.717, 1.165) is 40.1 Å². The van der Waals surface area contributed by atoms with Gasteiger partial charge in [0.05, 0.1) is 17.1 Å². The molecule has 1 aliphatic carbocycles. The summed E-state index contributed by atoms with van der Waals surface area (Å²) in [7, 11) is 0. The van der Waals surface area contributed by atoms with Gasteiger partial charge in [-0.2, -0.15) is 0 Å². The zero-order valence-corrected chi connectivity index (χ0v) is 20.5. The lowest BCUT2D eigenvalue weighted by Gasteiger charge is -2.33. The summed E-state index contributed by atoms with van der Waals surface area (Å²) in [5.41, 5.74) is 7.90. The van der Waals surface area contributed by atoms with Gasteiger partial charge in [0.1, 0.15) is 0 Å². The highest BCUT2D eigenvalue weighted by molar-refractivity contribution is 5.87. The molecule has 2 aliphatic heterocycles. The van der Waals surface area contributed by atoms with Crippen molar-refractivity contribution in [3.63, 3.8) is 0 Å². The topological polar surface area (TPSA) is 30.9 Å². The second-order valence-electron chi connectivity index (χ2n) is 10.2. The smallest absolute Gasteiger partial charge is 0.172 e. The van der Waals surface area contributed by atoms with E-state index in [9.17, 15) is 0 Å². The minimum absolute atomic E-state index is 0.0917. The Morgan fingerprint density at radius 1 is 0.486 bits per heavy atom. The predicted octanol–water partition coefficient (Wildman–Crippen LogP) is 9.47. The van der Waals surface area contributed by atoms with Gasteiger partial charge in [-0.05, 0) is 70.8 Å². The number of fused-ring (bicyclic) bond motifs is 7. The molecule has 5 aromatic rings. The summed E-state index contributed by atoms with van der Waals surface area (Å²) >= 11 is 0. The largest absolute Gasteiger partial charge is 0.453 e. The first kappa shape index (κ1) is 20.5. The molecular formula is C33H23NO3. The molecule has 0 aromatic heterocycles. The third-order valence-electron chi connectivity index (χ3n) is 7.71. The van der Waals surface area contributed by atoms with Crippen molar-refractivity contribution < 1.29 is 14.2 Å². The summed E-state index contributed by atoms with van der Waals surface area (Å²) in [6.45, 7) is 4.54. The first-order valence-electron chi connectivity index (χ1n) is 12.5. The van der Waals surface area contributed by atoms with Crippen LogP contribution in [0.5, 0.6) is 34.5 Å². The van der Waals surface area contributed by atoms with E-state index in [4.69, 9.17) is 14.2 Å². The Morgan fingerprint density at radius 2 is 1.08 bits per heavy atom. The van der Waals surface area contributed by atoms with Crippen LogP contribution in [0, 0.1) is 0 Å². The third kappa shape index (κ3) is 2.84. The molecule has 4 heteroatoms. The van der Waals surface area contributed by atoms with Gasteiger partial charge >= 0.3 is 0 Å². The van der Waals surface area contributed by atoms with E-state index in [0.29, 0.717) is 11.5 Å². The average molecular weight is 482 g/mol. The fraction of sp³-hybridized carbons (Fsp3) is 0.0909. The van der Waals surface area contributed by atoms with E-state index in [2.05, 4.69) is 73.3 Å². The zero-order chi connectivity index (χ0) is 24.7. The molecular weight excluding hydrogens is 458 g/mol. The van der Waals surface area contributed by atoms with Crippen molar-refractivity contribution in [2.45, 2.75) is 19.3 Å². The Hall–Kier alpha value is -4.70. The summed E-state index contributed by atoms with van der Waals surface area (Å²) in [4.78, 5) is 2.20. The molecule has 0 amide bonds. The van der Waals surface area contributed by atoms with Crippen LogP contribution in [0.25, 0.3) is 11.1 Å². The molecule has 4 nitrogen and oxygen atoms in total. The Morgan fingerprint density at radius 3 is 1.86 bits per heavy atom. The molecule has 0 radical (unpaired) electrons. The van der Waals surface area contributed by atoms with Gasteiger partial charge in [-0.3, -0.25) is 0 Å². The molecule has 178 valence electrons. The van der Waals surface area contributed by atoms with Gasteiger partial charge in [-0.15, -0.1) is 0 Å². The maximum Gasteiger partial charge on any atom is 0.172 e. The standard InChI is InChI=1S/C33H23NO3/c1-33(2)23-10-4-3-9-21(23)22-18-31-32(19-24(22)33)36-29-16-15-20(17-30(29)37-31)34-25-11-5-7-13-27(25)35-28-14-8-6-12-26(28)34/h3-19H,1-2H3. The number of para-hydroxylation sites is 4. The summed E-state index contributed by atoms with van der Waals surface area (Å²) in [6.07, 6.45) is 0. The van der Waals surface area contributed by atoms with Crippen LogP contribution in [-0.4, -0.2) is 0 Å². The van der Waals surface area contributed by atoms with Crippen LogP contribution >= 0.6 is 0 Å². The molecule has 0 saturated heterocycles. The SMILES string of the molecule is CC1(C)c2ccccc2-c2cc3c(cc21)Oc1ccc(N2c4ccccc4Oc4ccccc42)cc1O3. The maximum absolute atomic E-state index is 6.51. The number of hydrogen-bond acceptors (Lipinski definition) is 4. The molecule has 0 N–H and O–H groups in total. The molecule has 2 heterocycles. The second-order valence-corrected chi connectivity index (χ2v) is 10.2. The minimum Gasteiger partial charge on any atom is -0.453 e. The molecule has 8 rings (SSSR count). The molecule has 5 aromatic carbocycles. The highest BCUT2D eigenvalue weighted by Crippen LogP contribution is 2.56. The van der Waals surface area contributed by atoms with Crippen LogP contribution in [0.2, 0.25) is 0 Å². The van der Waals surface area contributed by atoms with Crippen molar-refractivity contribution in [1.82, 2.24) is 0 Å². The monoisotopic (exact) mass is 481 g/mol. The van der Waals surface area contributed by atoms with Crippen molar-refractivity contribution >= 4 is 17.1 Å². The average Bonchev–Trinajstić information content (AvgIpc) is 3.15. The Kier molecular flexibility index (Phi) is 3.97. The fourth-order valence-corrected chi connectivity index (χ4v) is 5.89. The summed E-state index contributed by atoms with van der Waals surface area (Å²) < 4.78 is 19.1. The molecule has 0 fully saturated rings. The number of anilines is 3. The zero-order valence-electron chi connectivity index (χ0n) is 20.5. The van der Waals surface area contributed by atoms with E-state index < -0.39 is 0 Å². The van der Waals surface area contributed by atoms with E-state index in [1.54, 1.807) is 0 Å². The summed E-state index contributed by atoms with van der Waals surface area (Å²) in [5, 5.41) is 0. The number of hydrogen-bond donors (Lipinski definition) is 0. The Bertz CT molecular complexity index is 1710. The normalized spacial score (nSPS) is 15.0. The van der Waals surface area contributed by atoms with Crippen molar-refractivity contribution in [3.8, 4) is 45.6 Å². The van der Waals surface area contributed by atoms with Crippen LogP contribution < -0.4 is 19.1 Å². The summed E-state index contributed by atoms with van der Waals surface area (Å²) in [6, 6.07) is 35.2. The lowest BCUT2D eigenvalue weighted by molar-refractivity contribution is 0.359. The molecule has 0 unspecified atom stereocenters. The van der Waals surface area contributed by atoms with Crippen LogP contribution in [-0.2, 0) is 5.41 Å². The molecule has 0 atom stereocenters. The number of ether oxygens (including phenoxy) is 3. The van der Waals surface area contributed by atoms with Crippen LogP contribution in [0.1, 0.15) is 25.0 Å². The highest BCUT2D eigenvalue weighted by atomic mass is 16.6. The quantitative estimate of drug-likeness (QED) is 0.234. The van der Waals surface area contributed by atoms with Crippen molar-refractivity contribution in [3.05, 3.63) is 114 Å². The van der Waals surface area contributed by atoms with Gasteiger partial charge in [0.25, 0.3) is 0 Å². The van der Waals surface area contributed by atoms with E-state index >= 15 is 0 Å². The third-order valence-corrected chi connectivity index (χ3v) is 7.71. The van der Waals surface area contributed by atoms with Crippen LogP contribution in [0.3, 0.4) is 0 Å². The molecule has 0 spiro atoms. The lowest BCUT2D eigenvalue weighted by atomic mass is 9.82. The van der Waals surface area contributed by atoms with E-state index in [1.165, 1.54) is 22.3 Å². The maximum atomic E-state index is 6.51. The fourth-order valence-electron chi connectivity index (χ4n) is 5.89. The second kappa shape index (κ2) is 7.17. The molecule has 0 bridgehead atoms. The lowest BCUT2D eigenvalue weighted by Crippen LogP contribution is -2.16. The first-order valence-corrected chi connectivity index (χ1v) is 12.5. The number of benzene rings is 5.